The van der Waals surface area contributed by atoms with Gasteiger partial charge in [0.2, 0.25) is 0 Å². The maximum Gasteiger partial charge on any atom is 0.323 e. The molecule has 4 heteroatoms. The molecule has 1 aliphatic heterocycles. The minimum atomic E-state index is 0. The second-order valence-corrected chi connectivity index (χ2v) is 5.94. The van der Waals surface area contributed by atoms with Crippen LogP contribution in [0.15, 0.2) is 72.0 Å². The van der Waals surface area contributed by atoms with Crippen LogP contribution in [0.1, 0.15) is 0 Å². The van der Waals surface area contributed by atoms with Gasteiger partial charge in [0.1, 0.15) is 18.4 Å². The van der Waals surface area contributed by atoms with E-state index in [0.717, 1.165) is 12.3 Å². The molecule has 0 bridgehead atoms. The number of para-hydroxylation sites is 1. The third kappa shape index (κ3) is 2.54. The highest BCUT2D eigenvalue weighted by atomic mass is 79.9. The van der Waals surface area contributed by atoms with Gasteiger partial charge in [-0.3, -0.25) is 0 Å². The Morgan fingerprint density at radius 1 is 0.905 bits per heavy atom. The average molecular weight is 359 g/mol. The zero-order chi connectivity index (χ0) is 13.4. The maximum atomic E-state index is 2.37. The second kappa shape index (κ2) is 6.08. The summed E-state index contributed by atoms with van der Waals surface area (Å²) < 4.78 is 4.73. The summed E-state index contributed by atoms with van der Waals surface area (Å²) in [7, 11) is 0. The number of hydrogen-bond acceptors (Lipinski definition) is 1. The highest BCUT2D eigenvalue weighted by molar-refractivity contribution is 7.99. The molecule has 0 fully saturated rings. The van der Waals surface area contributed by atoms with Crippen molar-refractivity contribution in [3.63, 3.8) is 0 Å². The van der Waals surface area contributed by atoms with Gasteiger partial charge in [0, 0.05) is 11.3 Å². The number of benzene rings is 2. The maximum absolute atomic E-state index is 2.37. The molecule has 1 aromatic heterocycles. The summed E-state index contributed by atoms with van der Waals surface area (Å²) in [6.45, 7) is 1.10. The van der Waals surface area contributed by atoms with Gasteiger partial charge < -0.3 is 17.0 Å². The van der Waals surface area contributed by atoms with Crippen LogP contribution < -0.4 is 21.5 Å². The van der Waals surface area contributed by atoms with Crippen molar-refractivity contribution in [3.05, 3.63) is 66.9 Å². The average Bonchev–Trinajstić information content (AvgIpc) is 3.09. The molecule has 0 saturated heterocycles. The van der Waals surface area contributed by atoms with E-state index < -0.39 is 0 Å². The Kier molecular flexibility index (Phi) is 4.17. The lowest BCUT2D eigenvalue weighted by molar-refractivity contribution is -0.723. The predicted molar refractivity (Wildman–Crippen MR) is 82.1 cm³/mol. The summed E-state index contributed by atoms with van der Waals surface area (Å²) in [4.78, 5) is 0. The third-order valence-electron chi connectivity index (χ3n) is 3.60. The van der Waals surface area contributed by atoms with Crippen LogP contribution >= 0.6 is 11.8 Å². The normalized spacial score (nSPS) is 12.8. The van der Waals surface area contributed by atoms with Gasteiger partial charge in [0.25, 0.3) is 0 Å². The summed E-state index contributed by atoms with van der Waals surface area (Å²) >= 11 is 1.93. The SMILES string of the molecule is [Br-].c1ccc(-c2c[n+]3c(n2-c2ccccc2)SCC3)cc1. The summed E-state index contributed by atoms with van der Waals surface area (Å²) in [5, 5.41) is 1.33. The first-order valence-corrected chi connectivity index (χ1v) is 7.81. The predicted octanol–water partition coefficient (Wildman–Crippen LogP) is 0.542. The third-order valence-corrected chi connectivity index (χ3v) is 4.67. The number of nitrogens with zero attached hydrogens (tertiary/aromatic N) is 2. The van der Waals surface area contributed by atoms with Crippen molar-refractivity contribution in [1.29, 1.82) is 0 Å². The standard InChI is InChI=1S/C17H15N2S.BrH/c1-3-7-14(8-4-1)16-13-18-11-12-20-17(18)19(16)15-9-5-2-6-10-15;/h1-10,13H,11-12H2;1H/q+1;/p-1. The van der Waals surface area contributed by atoms with Crippen molar-refractivity contribution in [1.82, 2.24) is 4.57 Å². The molecule has 0 radical (unpaired) electrons. The summed E-state index contributed by atoms with van der Waals surface area (Å²) in [6, 6.07) is 21.2. The van der Waals surface area contributed by atoms with Crippen molar-refractivity contribution in [2.75, 3.05) is 5.75 Å². The largest absolute Gasteiger partial charge is 1.00 e. The van der Waals surface area contributed by atoms with Crippen molar-refractivity contribution in [2.24, 2.45) is 0 Å². The van der Waals surface area contributed by atoms with Gasteiger partial charge in [0.05, 0.1) is 0 Å². The molecule has 4 rings (SSSR count). The molecule has 2 aromatic carbocycles. The van der Waals surface area contributed by atoms with E-state index in [1.807, 2.05) is 11.8 Å². The van der Waals surface area contributed by atoms with Gasteiger partial charge >= 0.3 is 5.16 Å². The molecule has 0 N–H and O–H groups in total. The molecule has 3 aromatic rings. The molecular weight excluding hydrogens is 344 g/mol. The molecule has 106 valence electrons. The van der Waals surface area contributed by atoms with Gasteiger partial charge in [0.15, 0.2) is 5.69 Å². The summed E-state index contributed by atoms with van der Waals surface area (Å²) in [5.74, 6) is 1.16. The summed E-state index contributed by atoms with van der Waals surface area (Å²) in [5.41, 5.74) is 3.76. The van der Waals surface area contributed by atoms with Crippen molar-refractivity contribution in [3.8, 4) is 16.9 Å². The zero-order valence-corrected chi connectivity index (χ0v) is 13.8. The molecule has 0 amide bonds. The van der Waals surface area contributed by atoms with Gasteiger partial charge in [-0.15, -0.1) is 0 Å². The monoisotopic (exact) mass is 358 g/mol. The van der Waals surface area contributed by atoms with Crippen molar-refractivity contribution >= 4 is 11.8 Å². The van der Waals surface area contributed by atoms with Crippen LogP contribution in [0.2, 0.25) is 0 Å². The van der Waals surface area contributed by atoms with Crippen LogP contribution in [0, 0.1) is 0 Å². The Labute approximate surface area is 139 Å². The Bertz CT molecular complexity index is 738. The van der Waals surface area contributed by atoms with Crippen LogP contribution in [-0.4, -0.2) is 10.3 Å². The zero-order valence-electron chi connectivity index (χ0n) is 11.4. The van der Waals surface area contributed by atoms with Gasteiger partial charge in [-0.2, -0.15) is 4.57 Å². The van der Waals surface area contributed by atoms with Crippen LogP contribution in [-0.2, 0) is 6.54 Å². The summed E-state index contributed by atoms with van der Waals surface area (Å²) in [6.07, 6.45) is 2.28. The quantitative estimate of drug-likeness (QED) is 0.607. The van der Waals surface area contributed by atoms with Gasteiger partial charge in [-0.1, -0.05) is 48.5 Å². The second-order valence-electron chi connectivity index (χ2n) is 4.88. The number of aromatic nitrogens is 2. The number of halogens is 1. The lowest BCUT2D eigenvalue weighted by Crippen LogP contribution is -3.00. The fourth-order valence-electron chi connectivity index (χ4n) is 2.67. The Balaban J connectivity index is 0.00000132. The highest BCUT2D eigenvalue weighted by Crippen LogP contribution is 2.31. The number of imidazole rings is 1. The van der Waals surface area contributed by atoms with Gasteiger partial charge in [-0.05, 0) is 23.9 Å². The minimum absolute atomic E-state index is 0. The number of rotatable bonds is 2. The number of fused-ring (bicyclic) bond motifs is 1. The van der Waals surface area contributed by atoms with E-state index in [1.54, 1.807) is 0 Å². The van der Waals surface area contributed by atoms with E-state index in [2.05, 4.69) is 76.0 Å². The van der Waals surface area contributed by atoms with E-state index in [0.29, 0.717) is 0 Å². The fourth-order valence-corrected chi connectivity index (χ4v) is 3.79. The molecule has 2 nitrogen and oxygen atoms in total. The topological polar surface area (TPSA) is 8.81 Å². The van der Waals surface area contributed by atoms with Crippen molar-refractivity contribution < 1.29 is 21.5 Å². The first kappa shape index (κ1) is 14.4. The van der Waals surface area contributed by atoms with Crippen LogP contribution in [0.25, 0.3) is 16.9 Å². The number of hydrogen-bond donors (Lipinski definition) is 0. The van der Waals surface area contributed by atoms with E-state index in [9.17, 15) is 0 Å². The van der Waals surface area contributed by atoms with E-state index in [1.165, 1.54) is 22.1 Å². The Morgan fingerprint density at radius 3 is 2.29 bits per heavy atom. The first-order valence-electron chi connectivity index (χ1n) is 6.82. The molecule has 2 heterocycles. The number of aryl methyl sites for hydroxylation is 1. The van der Waals surface area contributed by atoms with E-state index in [-0.39, 0.29) is 17.0 Å². The van der Waals surface area contributed by atoms with E-state index >= 15 is 0 Å². The molecule has 0 unspecified atom stereocenters. The van der Waals surface area contributed by atoms with Crippen LogP contribution in [0.3, 0.4) is 0 Å². The van der Waals surface area contributed by atoms with Crippen LogP contribution in [0.5, 0.6) is 0 Å². The fraction of sp³-hybridized carbons (Fsp3) is 0.118. The molecule has 1 aliphatic rings. The minimum Gasteiger partial charge on any atom is -1.00 e. The molecular formula is C17H15BrN2S. The molecule has 21 heavy (non-hydrogen) atoms. The first-order chi connectivity index (χ1) is 9.93. The number of thioether (sulfide) groups is 1. The molecule has 0 spiro atoms. The Morgan fingerprint density at radius 2 is 1.57 bits per heavy atom. The van der Waals surface area contributed by atoms with Gasteiger partial charge in [-0.25, -0.2) is 4.57 Å². The highest BCUT2D eigenvalue weighted by Gasteiger charge is 2.30. The lowest BCUT2D eigenvalue weighted by atomic mass is 10.1. The molecule has 0 aliphatic carbocycles. The lowest BCUT2D eigenvalue weighted by Gasteiger charge is -2.03. The molecule has 0 saturated carbocycles. The van der Waals surface area contributed by atoms with Crippen LogP contribution in [0.4, 0.5) is 0 Å². The smallest absolute Gasteiger partial charge is 0.323 e. The van der Waals surface area contributed by atoms with Crippen molar-refractivity contribution in [2.45, 2.75) is 11.7 Å². The van der Waals surface area contributed by atoms with E-state index in [4.69, 9.17) is 0 Å². The molecule has 0 atom stereocenters. The Hall–Kier alpha value is -1.52.